The van der Waals surface area contributed by atoms with Crippen LogP contribution in [-0.4, -0.2) is 41.1 Å². The number of halogens is 3. The minimum atomic E-state index is -5.84. The van der Waals surface area contributed by atoms with E-state index in [9.17, 15) is 13.2 Å². The van der Waals surface area contributed by atoms with Crippen molar-refractivity contribution in [2.45, 2.75) is 107 Å². The minimum absolute atomic E-state index is 0. The van der Waals surface area contributed by atoms with Gasteiger partial charge in [-0.2, -0.15) is 21.6 Å². The summed E-state index contributed by atoms with van der Waals surface area (Å²) in [6.07, 6.45) is 9.70. The predicted molar refractivity (Wildman–Crippen MR) is 149 cm³/mol. The summed E-state index contributed by atoms with van der Waals surface area (Å²) in [5.74, 6) is 12.1. The van der Waals surface area contributed by atoms with E-state index in [-0.39, 0.29) is 35.3 Å². The second kappa shape index (κ2) is 15.9. The fraction of sp³-hybridized carbons (Fsp3) is 0.630. The fourth-order valence-corrected chi connectivity index (χ4v) is 12.8. The Morgan fingerprint density at radius 3 is 1.59 bits per heavy atom. The van der Waals surface area contributed by atoms with Crippen molar-refractivity contribution in [3.8, 4) is 23.7 Å². The molecule has 0 bridgehead atoms. The zero-order valence-electron chi connectivity index (χ0n) is 21.9. The van der Waals surface area contributed by atoms with Gasteiger partial charge in [0.15, 0.2) is 0 Å². The Balaban J connectivity index is 0.000000335. The van der Waals surface area contributed by atoms with Crippen LogP contribution >= 0.6 is 15.8 Å². The second-order valence-corrected chi connectivity index (χ2v) is 17.6. The number of hydrogen-bond acceptors (Lipinski definition) is 2. The molecule has 0 unspecified atom stereocenters. The van der Waals surface area contributed by atoms with Crippen LogP contribution in [0.3, 0.4) is 0 Å². The third kappa shape index (κ3) is 10.5. The molecule has 1 N–H and O–H groups in total. The molecule has 10 heteroatoms. The van der Waals surface area contributed by atoms with Crippen molar-refractivity contribution in [3.63, 3.8) is 0 Å². The van der Waals surface area contributed by atoms with Gasteiger partial charge >= 0.3 is 15.6 Å². The van der Waals surface area contributed by atoms with Gasteiger partial charge in [0.25, 0.3) is 0 Å². The van der Waals surface area contributed by atoms with Crippen molar-refractivity contribution < 1.29 is 45.6 Å². The van der Waals surface area contributed by atoms with E-state index in [0.717, 1.165) is 48.3 Å². The third-order valence-electron chi connectivity index (χ3n) is 6.83. The molecule has 3 nitrogen and oxygen atoms in total. The van der Waals surface area contributed by atoms with Crippen molar-refractivity contribution in [1.82, 2.24) is 0 Å². The summed E-state index contributed by atoms with van der Waals surface area (Å²) in [6.45, 7) is 10.0. The van der Waals surface area contributed by atoms with Crippen LogP contribution in [0.15, 0.2) is 24.3 Å². The van der Waals surface area contributed by atoms with Crippen molar-refractivity contribution in [1.29, 1.82) is 0 Å². The van der Waals surface area contributed by atoms with E-state index in [4.69, 9.17) is 13.0 Å². The van der Waals surface area contributed by atoms with Gasteiger partial charge in [-0.05, 0) is 56.9 Å². The van der Waals surface area contributed by atoms with Gasteiger partial charge in [0.2, 0.25) is 0 Å². The Morgan fingerprint density at radius 1 is 0.838 bits per heavy atom. The Morgan fingerprint density at radius 2 is 1.22 bits per heavy atom. The van der Waals surface area contributed by atoms with E-state index in [0.29, 0.717) is 0 Å². The van der Waals surface area contributed by atoms with Crippen molar-refractivity contribution in [3.05, 3.63) is 24.3 Å². The molecule has 3 aliphatic rings. The van der Waals surface area contributed by atoms with Crippen molar-refractivity contribution >= 4 is 36.6 Å². The Labute approximate surface area is 236 Å². The van der Waals surface area contributed by atoms with Crippen LogP contribution in [0.5, 0.6) is 0 Å². The average Bonchev–Trinajstić information content (AvgIpc) is 3.27. The van der Waals surface area contributed by atoms with Crippen LogP contribution in [0, 0.1) is 23.7 Å². The molecule has 2 fully saturated rings. The Hall–Kier alpha value is -0.477. The molecule has 1 aromatic carbocycles. The molecule has 209 valence electrons. The van der Waals surface area contributed by atoms with Crippen LogP contribution in [0.2, 0.25) is 0 Å². The van der Waals surface area contributed by atoms with Crippen molar-refractivity contribution in [2.24, 2.45) is 0 Å². The van der Waals surface area contributed by atoms with Gasteiger partial charge in [-0.15, -0.1) is 23.7 Å². The van der Waals surface area contributed by atoms with E-state index >= 15 is 0 Å². The maximum absolute atomic E-state index is 10.7. The molecule has 0 saturated carbocycles. The first-order chi connectivity index (χ1) is 16.8. The van der Waals surface area contributed by atoms with Gasteiger partial charge in [0.1, 0.15) is 0 Å². The molecule has 2 aliphatic heterocycles. The predicted octanol–water partition coefficient (Wildman–Crippen LogP) is 6.73. The summed E-state index contributed by atoms with van der Waals surface area (Å²) in [6, 6.07) is 9.59. The van der Waals surface area contributed by atoms with E-state index in [2.05, 4.69) is 75.6 Å². The molecule has 0 spiro atoms. The third-order valence-corrected chi connectivity index (χ3v) is 14.7. The summed E-state index contributed by atoms with van der Waals surface area (Å²) in [7, 11) is -6.09. The topological polar surface area (TPSA) is 54.4 Å². The molecular formula is C27H38F3O3P2RhS+. The Bertz CT molecular complexity index is 989. The molecule has 0 aromatic heterocycles. The molecule has 1 radical (unpaired) electrons. The van der Waals surface area contributed by atoms with E-state index < -0.39 is 15.6 Å². The summed E-state index contributed by atoms with van der Waals surface area (Å²) in [5.41, 5.74) is -1.71. The molecule has 2 heterocycles. The van der Waals surface area contributed by atoms with Crippen LogP contribution in [0.25, 0.3) is 0 Å². The average molecular weight is 665 g/mol. The van der Waals surface area contributed by atoms with Crippen LogP contribution in [0.1, 0.15) is 79.1 Å². The summed E-state index contributed by atoms with van der Waals surface area (Å²) < 4.78 is 57.5. The van der Waals surface area contributed by atoms with Gasteiger partial charge in [0.05, 0.1) is 16.6 Å². The molecule has 4 atom stereocenters. The zero-order chi connectivity index (χ0) is 26.9. The minimum Gasteiger partial charge on any atom is -0.279 e. The largest absolute Gasteiger partial charge is 0.522 e. The van der Waals surface area contributed by atoms with Crippen LogP contribution in [0.4, 0.5) is 13.2 Å². The molecule has 0 amide bonds. The number of rotatable bonds is 2. The monoisotopic (exact) mass is 664 g/mol. The SMILES string of the molecule is C1#CCCC#CCC1.C[C@@H]1CC[C@@H](C)P1c1ccccc1[PH+]1[C@H](C)CC[C@H]1C.O=S(=O)(O)C(F)(F)F.[Rh]. The molecule has 37 heavy (non-hydrogen) atoms. The first kappa shape index (κ1) is 34.6. The standard InChI is InChI=1S/C18H28P2.C8H8.CHF3O3S.Rh/c1-13-9-10-14(2)19(13)17-7-5-6-8-18(17)20-15(3)11-12-16(20)4;1-2-4-6-8-7-5-3-1;2-1(3,4)8(5,6)7;/h5-8,13-16H,9-12H2,1-4H3;1-2,7-8H2;(H,5,6,7);/p+1/t13-,14-,15-,16-;;;/m1.../s1. The van der Waals surface area contributed by atoms with Gasteiger partial charge < -0.3 is 0 Å². The van der Waals surface area contributed by atoms with E-state index in [1.54, 1.807) is 5.30 Å². The number of benzene rings is 1. The van der Waals surface area contributed by atoms with Gasteiger partial charge in [-0.25, -0.2) is 0 Å². The van der Waals surface area contributed by atoms with E-state index in [1.165, 1.54) is 25.7 Å². The van der Waals surface area contributed by atoms with Crippen LogP contribution < -0.4 is 10.6 Å². The summed E-state index contributed by atoms with van der Waals surface area (Å²) in [4.78, 5) is 0. The van der Waals surface area contributed by atoms with Gasteiger partial charge in [-0.1, -0.05) is 40.0 Å². The maximum atomic E-state index is 10.7. The molecule has 2 saturated heterocycles. The molecule has 1 aromatic rings. The number of alkyl halides is 3. The second-order valence-electron chi connectivity index (χ2n) is 9.66. The maximum Gasteiger partial charge on any atom is 0.522 e. The normalized spacial score (nSPS) is 25.8. The van der Waals surface area contributed by atoms with Gasteiger partial charge in [-0.3, -0.25) is 4.55 Å². The summed E-state index contributed by atoms with van der Waals surface area (Å²) in [5, 5.41) is 3.62. The molecular weight excluding hydrogens is 626 g/mol. The van der Waals surface area contributed by atoms with Crippen molar-refractivity contribution in [2.75, 3.05) is 0 Å². The van der Waals surface area contributed by atoms with Crippen LogP contribution in [-0.2, 0) is 29.6 Å². The van der Waals surface area contributed by atoms with Gasteiger partial charge in [0, 0.05) is 58.4 Å². The summed E-state index contributed by atoms with van der Waals surface area (Å²) >= 11 is 0. The molecule has 4 rings (SSSR count). The quantitative estimate of drug-likeness (QED) is 0.126. The first-order valence-electron chi connectivity index (χ1n) is 12.5. The zero-order valence-corrected chi connectivity index (χ0v) is 26.2. The molecule has 1 aliphatic carbocycles. The number of hydrogen-bond donors (Lipinski definition) is 1. The fourth-order valence-electron chi connectivity index (χ4n) is 5.04. The smallest absolute Gasteiger partial charge is 0.279 e. The Kier molecular flexibility index (Phi) is 14.9. The van der Waals surface area contributed by atoms with E-state index in [1.807, 2.05) is 5.30 Å². The first-order valence-corrected chi connectivity index (χ1v) is 17.1.